The molecule has 0 unspecified atom stereocenters. The first-order valence-electron chi connectivity index (χ1n) is 6.78. The maximum absolute atomic E-state index is 12.3. The second kappa shape index (κ2) is 4.93. The van der Waals surface area contributed by atoms with E-state index in [1.54, 1.807) is 6.07 Å². The molecule has 3 nitrogen and oxygen atoms in total. The van der Waals surface area contributed by atoms with Gasteiger partial charge in [0.2, 0.25) is 0 Å². The number of hydrogen-bond acceptors (Lipinski definition) is 2. The van der Waals surface area contributed by atoms with Crippen LogP contribution in [0.25, 0.3) is 11.1 Å². The molecule has 1 aliphatic rings. The summed E-state index contributed by atoms with van der Waals surface area (Å²) in [5.41, 5.74) is 3.04. The minimum Gasteiger partial charge on any atom is -0.274 e. The summed E-state index contributed by atoms with van der Waals surface area (Å²) in [7, 11) is 0. The molecular weight excluding hydrogens is 250 g/mol. The summed E-state index contributed by atoms with van der Waals surface area (Å²) >= 11 is 0. The SMILES string of the molecule is CCCN1C(=O)c2ccc(-c3ccccc3)cc2C1=O. The van der Waals surface area contributed by atoms with Crippen molar-refractivity contribution in [1.82, 2.24) is 4.90 Å². The van der Waals surface area contributed by atoms with Gasteiger partial charge in [-0.15, -0.1) is 0 Å². The minimum absolute atomic E-state index is 0.175. The Hall–Kier alpha value is -2.42. The third-order valence-corrected chi connectivity index (χ3v) is 3.53. The largest absolute Gasteiger partial charge is 0.274 e. The second-order valence-corrected chi connectivity index (χ2v) is 4.89. The Kier molecular flexibility index (Phi) is 3.11. The lowest BCUT2D eigenvalue weighted by Gasteiger charge is -2.11. The highest BCUT2D eigenvalue weighted by molar-refractivity contribution is 6.21. The Morgan fingerprint density at radius 3 is 2.25 bits per heavy atom. The van der Waals surface area contributed by atoms with Crippen LogP contribution in [-0.2, 0) is 0 Å². The van der Waals surface area contributed by atoms with E-state index >= 15 is 0 Å². The molecule has 100 valence electrons. The van der Waals surface area contributed by atoms with Crippen LogP contribution in [0.15, 0.2) is 48.5 Å². The van der Waals surface area contributed by atoms with Crippen LogP contribution in [0.2, 0.25) is 0 Å². The number of carbonyl (C=O) groups is 2. The van der Waals surface area contributed by atoms with Crippen molar-refractivity contribution in [2.75, 3.05) is 6.54 Å². The summed E-state index contributed by atoms with van der Waals surface area (Å²) in [4.78, 5) is 25.8. The second-order valence-electron chi connectivity index (χ2n) is 4.89. The van der Waals surface area contributed by atoms with Gasteiger partial charge in [-0.2, -0.15) is 0 Å². The fourth-order valence-corrected chi connectivity index (χ4v) is 2.53. The van der Waals surface area contributed by atoms with Crippen molar-refractivity contribution in [3.05, 3.63) is 59.7 Å². The molecule has 2 aromatic rings. The summed E-state index contributed by atoms with van der Waals surface area (Å²) in [6.45, 7) is 2.44. The molecule has 3 heteroatoms. The molecule has 0 radical (unpaired) electrons. The number of hydrogen-bond donors (Lipinski definition) is 0. The van der Waals surface area contributed by atoms with E-state index in [1.165, 1.54) is 4.90 Å². The van der Waals surface area contributed by atoms with E-state index in [0.717, 1.165) is 17.5 Å². The predicted molar refractivity (Wildman–Crippen MR) is 77.5 cm³/mol. The summed E-state index contributed by atoms with van der Waals surface area (Å²) < 4.78 is 0. The zero-order valence-corrected chi connectivity index (χ0v) is 11.3. The zero-order valence-electron chi connectivity index (χ0n) is 11.3. The molecule has 0 spiro atoms. The minimum atomic E-state index is -0.176. The van der Waals surface area contributed by atoms with Gasteiger partial charge >= 0.3 is 0 Å². The van der Waals surface area contributed by atoms with Crippen molar-refractivity contribution in [2.45, 2.75) is 13.3 Å². The van der Waals surface area contributed by atoms with Crippen LogP contribution in [0, 0.1) is 0 Å². The van der Waals surface area contributed by atoms with E-state index in [4.69, 9.17) is 0 Å². The van der Waals surface area contributed by atoms with Crippen molar-refractivity contribution in [3.8, 4) is 11.1 Å². The molecule has 0 fully saturated rings. The molecular formula is C17H15NO2. The smallest absolute Gasteiger partial charge is 0.261 e. The van der Waals surface area contributed by atoms with Crippen LogP contribution in [-0.4, -0.2) is 23.3 Å². The molecule has 0 saturated heterocycles. The van der Waals surface area contributed by atoms with Crippen molar-refractivity contribution < 1.29 is 9.59 Å². The first-order chi connectivity index (χ1) is 9.72. The van der Waals surface area contributed by atoms with Crippen LogP contribution in [0.5, 0.6) is 0 Å². The molecule has 0 N–H and O–H groups in total. The van der Waals surface area contributed by atoms with Crippen molar-refractivity contribution in [1.29, 1.82) is 0 Å². The molecule has 1 heterocycles. The average Bonchev–Trinajstić information content (AvgIpc) is 2.73. The molecule has 20 heavy (non-hydrogen) atoms. The Balaban J connectivity index is 2.04. The Labute approximate surface area is 117 Å². The summed E-state index contributed by atoms with van der Waals surface area (Å²) in [6.07, 6.45) is 0.775. The Bertz CT molecular complexity index is 677. The van der Waals surface area contributed by atoms with Gasteiger partial charge in [-0.05, 0) is 29.7 Å². The number of rotatable bonds is 3. The van der Waals surface area contributed by atoms with E-state index in [-0.39, 0.29) is 11.8 Å². The third kappa shape index (κ3) is 1.92. The fourth-order valence-electron chi connectivity index (χ4n) is 2.53. The van der Waals surface area contributed by atoms with Gasteiger partial charge in [-0.1, -0.05) is 43.3 Å². The number of nitrogens with zero attached hydrogens (tertiary/aromatic N) is 1. The van der Waals surface area contributed by atoms with E-state index in [1.807, 2.05) is 49.4 Å². The quantitative estimate of drug-likeness (QED) is 0.798. The lowest BCUT2D eigenvalue weighted by molar-refractivity contribution is 0.0654. The highest BCUT2D eigenvalue weighted by Gasteiger charge is 2.34. The van der Waals surface area contributed by atoms with E-state index in [2.05, 4.69) is 0 Å². The molecule has 0 bridgehead atoms. The highest BCUT2D eigenvalue weighted by Crippen LogP contribution is 2.28. The summed E-state index contributed by atoms with van der Waals surface area (Å²) in [6, 6.07) is 15.3. The van der Waals surface area contributed by atoms with Gasteiger partial charge in [0.1, 0.15) is 0 Å². The molecule has 1 aliphatic heterocycles. The van der Waals surface area contributed by atoms with Crippen molar-refractivity contribution in [2.24, 2.45) is 0 Å². The molecule has 0 saturated carbocycles. The van der Waals surface area contributed by atoms with E-state index < -0.39 is 0 Å². The lowest BCUT2D eigenvalue weighted by Crippen LogP contribution is -2.30. The van der Waals surface area contributed by atoms with Gasteiger partial charge < -0.3 is 0 Å². The van der Waals surface area contributed by atoms with E-state index in [9.17, 15) is 9.59 Å². The van der Waals surface area contributed by atoms with Crippen molar-refractivity contribution in [3.63, 3.8) is 0 Å². The summed E-state index contributed by atoms with van der Waals surface area (Å²) in [5.74, 6) is -0.351. The molecule has 3 rings (SSSR count). The Morgan fingerprint density at radius 2 is 1.55 bits per heavy atom. The monoisotopic (exact) mass is 265 g/mol. The molecule has 0 aliphatic carbocycles. The van der Waals surface area contributed by atoms with Crippen LogP contribution >= 0.6 is 0 Å². The zero-order chi connectivity index (χ0) is 14.1. The lowest BCUT2D eigenvalue weighted by atomic mass is 10.0. The molecule has 0 atom stereocenters. The molecule has 2 amide bonds. The van der Waals surface area contributed by atoms with Crippen LogP contribution in [0.4, 0.5) is 0 Å². The fraction of sp³-hybridized carbons (Fsp3) is 0.176. The van der Waals surface area contributed by atoms with Gasteiger partial charge in [-0.25, -0.2) is 0 Å². The first kappa shape index (κ1) is 12.6. The Morgan fingerprint density at radius 1 is 0.850 bits per heavy atom. The van der Waals surface area contributed by atoms with Gasteiger partial charge in [0.15, 0.2) is 0 Å². The third-order valence-electron chi connectivity index (χ3n) is 3.53. The number of fused-ring (bicyclic) bond motifs is 1. The van der Waals surface area contributed by atoms with Gasteiger partial charge in [0.25, 0.3) is 11.8 Å². The van der Waals surface area contributed by atoms with Crippen LogP contribution in [0.1, 0.15) is 34.1 Å². The topological polar surface area (TPSA) is 37.4 Å². The number of carbonyl (C=O) groups excluding carboxylic acids is 2. The number of imide groups is 1. The van der Waals surface area contributed by atoms with Gasteiger partial charge in [-0.3, -0.25) is 14.5 Å². The molecule has 2 aromatic carbocycles. The normalized spacial score (nSPS) is 13.8. The average molecular weight is 265 g/mol. The summed E-state index contributed by atoms with van der Waals surface area (Å²) in [5, 5.41) is 0. The van der Waals surface area contributed by atoms with Gasteiger partial charge in [0, 0.05) is 6.54 Å². The van der Waals surface area contributed by atoms with Crippen molar-refractivity contribution >= 4 is 11.8 Å². The number of benzene rings is 2. The highest BCUT2D eigenvalue weighted by atomic mass is 16.2. The maximum Gasteiger partial charge on any atom is 0.261 e. The number of amides is 2. The van der Waals surface area contributed by atoms with Crippen LogP contribution in [0.3, 0.4) is 0 Å². The molecule has 0 aromatic heterocycles. The van der Waals surface area contributed by atoms with Crippen LogP contribution < -0.4 is 0 Å². The standard InChI is InChI=1S/C17H15NO2/c1-2-10-18-16(19)14-9-8-13(11-15(14)17(18)20)12-6-4-3-5-7-12/h3-9,11H,2,10H2,1H3. The van der Waals surface area contributed by atoms with Gasteiger partial charge in [0.05, 0.1) is 11.1 Å². The first-order valence-corrected chi connectivity index (χ1v) is 6.78. The predicted octanol–water partition coefficient (Wildman–Crippen LogP) is 3.36. The van der Waals surface area contributed by atoms with E-state index in [0.29, 0.717) is 17.7 Å². The maximum atomic E-state index is 12.3.